The number of nitriles is 1. The van der Waals surface area contributed by atoms with Crippen LogP contribution in [0.2, 0.25) is 0 Å². The van der Waals surface area contributed by atoms with Crippen molar-refractivity contribution in [1.82, 2.24) is 4.98 Å². The van der Waals surface area contributed by atoms with Crippen molar-refractivity contribution in [1.29, 1.82) is 5.26 Å². The molecule has 0 amide bonds. The molecule has 0 fully saturated rings. The third kappa shape index (κ3) is 2.55. The normalized spacial score (nSPS) is 10.3. The Morgan fingerprint density at radius 1 is 1.10 bits per heavy atom. The molecule has 1 heterocycles. The topological polar surface area (TPSA) is 66.1 Å². The van der Waals surface area contributed by atoms with Crippen LogP contribution < -0.4 is 4.74 Å². The van der Waals surface area contributed by atoms with Crippen molar-refractivity contribution < 1.29 is 9.84 Å². The minimum Gasteiger partial charge on any atom is -0.439 e. The Morgan fingerprint density at radius 3 is 2.67 bits per heavy atom. The molecule has 2 aromatic carbocycles. The Labute approximate surface area is 121 Å². The lowest BCUT2D eigenvalue weighted by molar-refractivity contribution is 0.276. The fourth-order valence-corrected chi connectivity index (χ4v) is 2.14. The van der Waals surface area contributed by atoms with Crippen LogP contribution in [0.3, 0.4) is 0 Å². The van der Waals surface area contributed by atoms with Crippen molar-refractivity contribution in [2.75, 3.05) is 0 Å². The Hall–Kier alpha value is -2.90. The predicted octanol–water partition coefficient (Wildman–Crippen LogP) is 3.39. The Balaban J connectivity index is 2.07. The van der Waals surface area contributed by atoms with E-state index in [0.29, 0.717) is 28.3 Å². The van der Waals surface area contributed by atoms with Crippen LogP contribution in [-0.4, -0.2) is 10.1 Å². The zero-order valence-corrected chi connectivity index (χ0v) is 11.2. The molecule has 3 aromatic rings. The molecular weight excluding hydrogens is 264 g/mol. The first-order valence-electron chi connectivity index (χ1n) is 6.48. The second-order valence-electron chi connectivity index (χ2n) is 4.50. The molecule has 0 aliphatic rings. The van der Waals surface area contributed by atoms with E-state index < -0.39 is 0 Å². The molecular formula is C17H12N2O2. The third-order valence-corrected chi connectivity index (χ3v) is 3.17. The first-order valence-corrected chi connectivity index (χ1v) is 6.48. The fourth-order valence-electron chi connectivity index (χ4n) is 2.14. The molecule has 4 heteroatoms. The summed E-state index contributed by atoms with van der Waals surface area (Å²) in [5.41, 5.74) is 1.89. The second-order valence-corrected chi connectivity index (χ2v) is 4.50. The fraction of sp³-hybridized carbons (Fsp3) is 0.0588. The van der Waals surface area contributed by atoms with Gasteiger partial charge in [-0.2, -0.15) is 5.26 Å². The molecule has 0 radical (unpaired) electrons. The number of hydrogen-bond acceptors (Lipinski definition) is 4. The predicted molar refractivity (Wildman–Crippen MR) is 78.9 cm³/mol. The number of aliphatic hydroxyl groups excluding tert-OH is 1. The number of benzene rings is 2. The van der Waals surface area contributed by atoms with E-state index in [1.54, 1.807) is 18.2 Å². The minimum atomic E-state index is -0.116. The molecule has 0 aliphatic carbocycles. The Morgan fingerprint density at radius 2 is 1.86 bits per heavy atom. The number of nitrogens with zero attached hydrogens (tertiary/aromatic N) is 2. The highest BCUT2D eigenvalue weighted by atomic mass is 16.5. The highest BCUT2D eigenvalue weighted by Crippen LogP contribution is 2.27. The minimum absolute atomic E-state index is 0.116. The molecule has 1 aromatic heterocycles. The summed E-state index contributed by atoms with van der Waals surface area (Å²) in [6.07, 6.45) is 0. The number of hydrogen-bond donors (Lipinski definition) is 1. The highest BCUT2D eigenvalue weighted by Gasteiger charge is 2.08. The number of fused-ring (bicyclic) bond motifs is 1. The molecule has 0 saturated heterocycles. The van der Waals surface area contributed by atoms with Crippen molar-refractivity contribution in [3.8, 4) is 17.7 Å². The summed E-state index contributed by atoms with van der Waals surface area (Å²) in [6.45, 7) is -0.116. The zero-order valence-electron chi connectivity index (χ0n) is 11.2. The maximum absolute atomic E-state index is 9.32. The van der Waals surface area contributed by atoms with E-state index in [1.807, 2.05) is 36.4 Å². The van der Waals surface area contributed by atoms with Gasteiger partial charge in [-0.25, -0.2) is 4.98 Å². The van der Waals surface area contributed by atoms with Gasteiger partial charge in [0.25, 0.3) is 0 Å². The maximum Gasteiger partial charge on any atom is 0.221 e. The third-order valence-electron chi connectivity index (χ3n) is 3.17. The molecule has 4 nitrogen and oxygen atoms in total. The first kappa shape index (κ1) is 13.1. The summed E-state index contributed by atoms with van der Waals surface area (Å²) in [5.74, 6) is 0.873. The molecule has 0 saturated carbocycles. The van der Waals surface area contributed by atoms with E-state index in [2.05, 4.69) is 11.1 Å². The van der Waals surface area contributed by atoms with Crippen LogP contribution in [0.5, 0.6) is 11.6 Å². The van der Waals surface area contributed by atoms with Gasteiger partial charge < -0.3 is 9.84 Å². The van der Waals surface area contributed by atoms with Crippen LogP contribution in [-0.2, 0) is 6.61 Å². The standard InChI is InChI=1S/C17H12N2O2/c18-10-13-9-17(19-15-7-3-2-6-14(13)15)21-16-8-4-1-5-12(16)11-20/h1-9,20H,11H2. The average Bonchev–Trinajstić information content (AvgIpc) is 2.54. The molecule has 0 spiro atoms. The largest absolute Gasteiger partial charge is 0.439 e. The van der Waals surface area contributed by atoms with E-state index >= 15 is 0 Å². The van der Waals surface area contributed by atoms with Gasteiger partial charge in [-0.3, -0.25) is 0 Å². The van der Waals surface area contributed by atoms with E-state index in [1.165, 1.54) is 0 Å². The van der Waals surface area contributed by atoms with Crippen LogP contribution in [0, 0.1) is 11.3 Å². The molecule has 0 unspecified atom stereocenters. The van der Waals surface area contributed by atoms with Crippen molar-refractivity contribution >= 4 is 10.9 Å². The number of aromatic nitrogens is 1. The molecule has 3 rings (SSSR count). The maximum atomic E-state index is 9.32. The van der Waals surface area contributed by atoms with Gasteiger partial charge >= 0.3 is 0 Å². The first-order chi connectivity index (χ1) is 10.3. The van der Waals surface area contributed by atoms with Gasteiger partial charge in [0.15, 0.2) is 0 Å². The molecule has 0 atom stereocenters. The Kier molecular flexibility index (Phi) is 3.50. The van der Waals surface area contributed by atoms with E-state index in [4.69, 9.17) is 4.74 Å². The molecule has 1 N–H and O–H groups in total. The van der Waals surface area contributed by atoms with Gasteiger partial charge in [0.2, 0.25) is 5.88 Å². The van der Waals surface area contributed by atoms with Gasteiger partial charge in [0, 0.05) is 17.0 Å². The molecule has 0 aliphatic heterocycles. The van der Waals surface area contributed by atoms with E-state index in [9.17, 15) is 10.4 Å². The number of pyridine rings is 1. The van der Waals surface area contributed by atoms with E-state index in [0.717, 1.165) is 5.39 Å². The number of ether oxygens (including phenoxy) is 1. The van der Waals surface area contributed by atoms with Gasteiger partial charge in [-0.1, -0.05) is 36.4 Å². The van der Waals surface area contributed by atoms with Crippen LogP contribution in [0.4, 0.5) is 0 Å². The summed E-state index contributed by atoms with van der Waals surface area (Å²) < 4.78 is 5.73. The van der Waals surface area contributed by atoms with Crippen molar-refractivity contribution in [3.05, 3.63) is 65.7 Å². The summed E-state index contributed by atoms with van der Waals surface area (Å²) in [5, 5.41) is 19.4. The summed E-state index contributed by atoms with van der Waals surface area (Å²) in [7, 11) is 0. The number of para-hydroxylation sites is 2. The van der Waals surface area contributed by atoms with Gasteiger partial charge in [0.05, 0.1) is 17.7 Å². The summed E-state index contributed by atoms with van der Waals surface area (Å²) >= 11 is 0. The summed E-state index contributed by atoms with van der Waals surface area (Å²) in [4.78, 5) is 4.40. The summed E-state index contributed by atoms with van der Waals surface area (Å²) in [6, 6.07) is 18.4. The van der Waals surface area contributed by atoms with Crippen molar-refractivity contribution in [2.45, 2.75) is 6.61 Å². The average molecular weight is 276 g/mol. The van der Waals surface area contributed by atoms with Crippen molar-refractivity contribution in [2.24, 2.45) is 0 Å². The van der Waals surface area contributed by atoms with Gasteiger partial charge in [-0.05, 0) is 12.1 Å². The number of rotatable bonds is 3. The SMILES string of the molecule is N#Cc1cc(Oc2ccccc2CO)nc2ccccc12. The molecule has 0 bridgehead atoms. The molecule has 102 valence electrons. The monoisotopic (exact) mass is 276 g/mol. The highest BCUT2D eigenvalue weighted by molar-refractivity contribution is 5.85. The lowest BCUT2D eigenvalue weighted by Crippen LogP contribution is -1.94. The lowest BCUT2D eigenvalue weighted by atomic mass is 10.1. The number of aliphatic hydroxyl groups is 1. The van der Waals surface area contributed by atoms with Crippen LogP contribution >= 0.6 is 0 Å². The van der Waals surface area contributed by atoms with Crippen molar-refractivity contribution in [3.63, 3.8) is 0 Å². The quantitative estimate of drug-likeness (QED) is 0.796. The van der Waals surface area contributed by atoms with Gasteiger partial charge in [-0.15, -0.1) is 0 Å². The smallest absolute Gasteiger partial charge is 0.221 e. The second kappa shape index (κ2) is 5.61. The van der Waals surface area contributed by atoms with Crippen LogP contribution in [0.1, 0.15) is 11.1 Å². The van der Waals surface area contributed by atoms with Crippen LogP contribution in [0.25, 0.3) is 10.9 Å². The van der Waals surface area contributed by atoms with Gasteiger partial charge in [0.1, 0.15) is 11.8 Å². The van der Waals surface area contributed by atoms with E-state index in [-0.39, 0.29) is 6.61 Å². The molecule has 21 heavy (non-hydrogen) atoms. The Bertz CT molecular complexity index is 838. The lowest BCUT2D eigenvalue weighted by Gasteiger charge is -2.10. The van der Waals surface area contributed by atoms with Crippen LogP contribution in [0.15, 0.2) is 54.6 Å². The zero-order chi connectivity index (χ0) is 14.7.